The Morgan fingerprint density at radius 1 is 1.33 bits per heavy atom. The second-order valence-electron chi connectivity index (χ2n) is 4.19. The summed E-state index contributed by atoms with van der Waals surface area (Å²) in [4.78, 5) is 4.06. The van der Waals surface area contributed by atoms with E-state index in [-0.39, 0.29) is 12.2 Å². The van der Waals surface area contributed by atoms with Crippen molar-refractivity contribution < 1.29 is 9.50 Å². The van der Waals surface area contributed by atoms with Crippen LogP contribution >= 0.6 is 11.6 Å². The molecule has 0 bridgehead atoms. The number of aromatic nitrogens is 1. The van der Waals surface area contributed by atoms with Crippen LogP contribution in [0, 0.1) is 12.7 Å². The fourth-order valence-corrected chi connectivity index (χ4v) is 2.00. The van der Waals surface area contributed by atoms with E-state index in [4.69, 9.17) is 11.6 Å². The third kappa shape index (κ3) is 3.06. The number of hydrogen-bond donors (Lipinski definition) is 1. The van der Waals surface area contributed by atoms with E-state index >= 15 is 0 Å². The van der Waals surface area contributed by atoms with Crippen LogP contribution < -0.4 is 0 Å². The van der Waals surface area contributed by atoms with Crippen molar-refractivity contribution in [2.24, 2.45) is 0 Å². The van der Waals surface area contributed by atoms with E-state index in [0.29, 0.717) is 10.6 Å². The number of pyridine rings is 1. The van der Waals surface area contributed by atoms with Gasteiger partial charge >= 0.3 is 0 Å². The Morgan fingerprint density at radius 2 is 2.11 bits per heavy atom. The molecular formula is C14H13ClFNO. The zero-order valence-corrected chi connectivity index (χ0v) is 10.7. The minimum Gasteiger partial charge on any atom is -0.388 e. The predicted octanol–water partition coefficient (Wildman–Crippen LogP) is 3.46. The molecule has 2 nitrogen and oxygen atoms in total. The van der Waals surface area contributed by atoms with E-state index in [1.54, 1.807) is 18.3 Å². The number of aliphatic hydroxyl groups excluding tert-OH is 1. The maximum atomic E-state index is 13.1. The maximum absolute atomic E-state index is 13.1. The number of aryl methyl sites for hydroxylation is 1. The van der Waals surface area contributed by atoms with Gasteiger partial charge in [0, 0.05) is 23.3 Å². The second-order valence-corrected chi connectivity index (χ2v) is 4.59. The largest absolute Gasteiger partial charge is 0.388 e. The number of hydrogen-bond acceptors (Lipinski definition) is 2. The highest BCUT2D eigenvalue weighted by molar-refractivity contribution is 6.31. The molecule has 1 unspecified atom stereocenters. The lowest BCUT2D eigenvalue weighted by Gasteiger charge is -2.12. The topological polar surface area (TPSA) is 33.1 Å². The lowest BCUT2D eigenvalue weighted by Crippen LogP contribution is -2.03. The van der Waals surface area contributed by atoms with Crippen LogP contribution in [0.5, 0.6) is 0 Å². The third-order valence-electron chi connectivity index (χ3n) is 2.73. The molecule has 0 amide bonds. The molecule has 0 aliphatic rings. The molecule has 18 heavy (non-hydrogen) atoms. The number of rotatable bonds is 3. The van der Waals surface area contributed by atoms with Crippen LogP contribution in [0.2, 0.25) is 5.02 Å². The molecule has 4 heteroatoms. The van der Waals surface area contributed by atoms with E-state index in [1.807, 2.05) is 6.92 Å². The first-order valence-electron chi connectivity index (χ1n) is 5.61. The highest BCUT2D eigenvalue weighted by Crippen LogP contribution is 2.24. The van der Waals surface area contributed by atoms with Crippen LogP contribution in [0.4, 0.5) is 4.39 Å². The van der Waals surface area contributed by atoms with Crippen molar-refractivity contribution in [2.45, 2.75) is 19.4 Å². The zero-order valence-electron chi connectivity index (χ0n) is 9.90. The Balaban J connectivity index is 2.21. The highest BCUT2D eigenvalue weighted by Gasteiger charge is 2.12. The van der Waals surface area contributed by atoms with Crippen molar-refractivity contribution in [3.8, 4) is 0 Å². The summed E-state index contributed by atoms with van der Waals surface area (Å²) in [5, 5.41) is 10.6. The molecule has 0 fully saturated rings. The first-order chi connectivity index (χ1) is 8.56. The van der Waals surface area contributed by atoms with Crippen LogP contribution in [0.1, 0.15) is 22.9 Å². The maximum Gasteiger partial charge on any atom is 0.123 e. The SMILES string of the molecule is Cc1cc(C(O)Cc2cc(F)ccc2Cl)ccn1. The van der Waals surface area contributed by atoms with Gasteiger partial charge in [-0.2, -0.15) is 0 Å². The normalized spacial score (nSPS) is 12.4. The van der Waals surface area contributed by atoms with Gasteiger partial charge in [0.2, 0.25) is 0 Å². The standard InChI is InChI=1S/C14H13ClFNO/c1-9-6-10(4-5-17-9)14(18)8-11-7-12(16)2-3-13(11)15/h2-7,14,18H,8H2,1H3. The van der Waals surface area contributed by atoms with E-state index in [9.17, 15) is 9.50 Å². The Morgan fingerprint density at radius 3 is 2.83 bits per heavy atom. The summed E-state index contributed by atoms with van der Waals surface area (Å²) in [6.07, 6.45) is 1.20. The number of benzene rings is 1. The van der Waals surface area contributed by atoms with Crippen molar-refractivity contribution in [1.82, 2.24) is 4.98 Å². The van der Waals surface area contributed by atoms with Crippen molar-refractivity contribution in [1.29, 1.82) is 0 Å². The second kappa shape index (κ2) is 5.46. The van der Waals surface area contributed by atoms with Crippen LogP contribution in [-0.4, -0.2) is 10.1 Å². The Labute approximate surface area is 110 Å². The summed E-state index contributed by atoms with van der Waals surface area (Å²) in [7, 11) is 0. The molecular weight excluding hydrogens is 253 g/mol. The molecule has 1 heterocycles. The number of halogens is 2. The summed E-state index contributed by atoms with van der Waals surface area (Å²) >= 11 is 5.97. The van der Waals surface area contributed by atoms with Gasteiger partial charge in [0.25, 0.3) is 0 Å². The molecule has 1 N–H and O–H groups in total. The first kappa shape index (κ1) is 13.0. The van der Waals surface area contributed by atoms with Gasteiger partial charge in [-0.1, -0.05) is 11.6 Å². The van der Waals surface area contributed by atoms with Gasteiger partial charge in [-0.25, -0.2) is 4.39 Å². The molecule has 0 spiro atoms. The molecule has 94 valence electrons. The average molecular weight is 266 g/mol. The van der Waals surface area contributed by atoms with Gasteiger partial charge in [-0.15, -0.1) is 0 Å². The predicted molar refractivity (Wildman–Crippen MR) is 69.0 cm³/mol. The smallest absolute Gasteiger partial charge is 0.123 e. The van der Waals surface area contributed by atoms with Crippen LogP contribution in [-0.2, 0) is 6.42 Å². The van der Waals surface area contributed by atoms with Gasteiger partial charge in [0.15, 0.2) is 0 Å². The van der Waals surface area contributed by atoms with Gasteiger partial charge in [0.1, 0.15) is 5.82 Å². The minimum absolute atomic E-state index is 0.278. The third-order valence-corrected chi connectivity index (χ3v) is 3.10. The van der Waals surface area contributed by atoms with Crippen LogP contribution in [0.3, 0.4) is 0 Å². The highest BCUT2D eigenvalue weighted by atomic mass is 35.5. The number of nitrogens with zero attached hydrogens (tertiary/aromatic N) is 1. The molecule has 1 aromatic carbocycles. The summed E-state index contributed by atoms with van der Waals surface area (Å²) in [6, 6.07) is 7.69. The summed E-state index contributed by atoms with van der Waals surface area (Å²) < 4.78 is 13.1. The molecule has 0 radical (unpaired) electrons. The summed E-state index contributed by atoms with van der Waals surface area (Å²) in [5.41, 5.74) is 2.18. The Kier molecular flexibility index (Phi) is 3.94. The van der Waals surface area contributed by atoms with E-state index in [2.05, 4.69) is 4.98 Å². The van der Waals surface area contributed by atoms with Crippen molar-refractivity contribution in [3.63, 3.8) is 0 Å². The molecule has 2 aromatic rings. The van der Waals surface area contributed by atoms with Crippen molar-refractivity contribution >= 4 is 11.6 Å². The fraction of sp³-hybridized carbons (Fsp3) is 0.214. The molecule has 0 saturated carbocycles. The molecule has 0 aliphatic heterocycles. The molecule has 1 aromatic heterocycles. The van der Waals surface area contributed by atoms with Gasteiger partial charge < -0.3 is 5.11 Å². The van der Waals surface area contributed by atoms with Crippen LogP contribution in [0.15, 0.2) is 36.5 Å². The first-order valence-corrected chi connectivity index (χ1v) is 5.98. The van der Waals surface area contributed by atoms with Gasteiger partial charge in [-0.05, 0) is 48.4 Å². The van der Waals surface area contributed by atoms with E-state index < -0.39 is 6.10 Å². The quantitative estimate of drug-likeness (QED) is 0.922. The lowest BCUT2D eigenvalue weighted by atomic mass is 10.0. The van der Waals surface area contributed by atoms with Crippen LogP contribution in [0.25, 0.3) is 0 Å². The van der Waals surface area contributed by atoms with Gasteiger partial charge in [-0.3, -0.25) is 4.98 Å². The minimum atomic E-state index is -0.717. The molecule has 2 rings (SSSR count). The Hall–Kier alpha value is -1.45. The molecule has 0 aliphatic carbocycles. The number of aliphatic hydroxyl groups is 1. The van der Waals surface area contributed by atoms with Crippen molar-refractivity contribution in [3.05, 3.63) is 64.2 Å². The monoisotopic (exact) mass is 265 g/mol. The molecule has 0 saturated heterocycles. The average Bonchev–Trinajstić information content (AvgIpc) is 2.34. The summed E-state index contributed by atoms with van der Waals surface area (Å²) in [6.45, 7) is 1.85. The van der Waals surface area contributed by atoms with Crippen molar-refractivity contribution in [2.75, 3.05) is 0 Å². The van der Waals surface area contributed by atoms with Gasteiger partial charge in [0.05, 0.1) is 6.10 Å². The van der Waals surface area contributed by atoms with E-state index in [0.717, 1.165) is 11.3 Å². The van der Waals surface area contributed by atoms with E-state index in [1.165, 1.54) is 18.2 Å². The summed E-state index contributed by atoms with van der Waals surface area (Å²) in [5.74, 6) is -0.354. The zero-order chi connectivity index (χ0) is 13.1. The Bertz CT molecular complexity index is 559. The fourth-order valence-electron chi connectivity index (χ4n) is 1.80. The molecule has 1 atom stereocenters. The lowest BCUT2D eigenvalue weighted by molar-refractivity contribution is 0.178.